The van der Waals surface area contributed by atoms with Crippen LogP contribution in [0.4, 0.5) is 0 Å². The molecule has 0 heterocycles. The molecule has 0 N–H and O–H groups in total. The molecule has 0 radical (unpaired) electrons. The molecule has 0 unspecified atom stereocenters. The molecule has 0 atom stereocenters. The molecule has 0 aromatic heterocycles. The summed E-state index contributed by atoms with van der Waals surface area (Å²) >= 11 is 0. The van der Waals surface area contributed by atoms with Crippen LogP contribution in [-0.4, -0.2) is 37.6 Å². The van der Waals surface area contributed by atoms with Gasteiger partial charge in [0.15, 0.2) is 0 Å². The molecule has 0 amide bonds. The van der Waals surface area contributed by atoms with Gasteiger partial charge in [-0.1, -0.05) is 0 Å². The van der Waals surface area contributed by atoms with Gasteiger partial charge >= 0.3 is 46.5 Å². The van der Waals surface area contributed by atoms with Gasteiger partial charge in [0, 0.05) is 0 Å². The maximum atomic E-state index is 8.06. The standard InChI is InChI=1S/Al.2OSi.O/c;2*1-2;/q+3;2*+2;-2. The number of rotatable bonds is 0. The van der Waals surface area contributed by atoms with Crippen LogP contribution in [0.3, 0.4) is 0 Å². The number of hydrogen-bond acceptors (Lipinski definition) is 2. The zero-order valence-electron chi connectivity index (χ0n) is 2.80. The molecule has 0 rings (SSSR count). The van der Waals surface area contributed by atoms with Crippen molar-refractivity contribution >= 4 is 37.6 Å². The van der Waals surface area contributed by atoms with Gasteiger partial charge < -0.3 is 5.48 Å². The Labute approximate surface area is 52.5 Å². The van der Waals surface area contributed by atoms with E-state index < -0.39 is 0 Å². The summed E-state index contributed by atoms with van der Waals surface area (Å²) in [6.45, 7) is 0. The van der Waals surface area contributed by atoms with Gasteiger partial charge in [0.2, 0.25) is 0 Å². The molecule has 0 fully saturated rings. The second-order valence-corrected chi connectivity index (χ2v) is 0. The Morgan fingerprint density at radius 3 is 0.833 bits per heavy atom. The molecule has 0 aliphatic rings. The van der Waals surface area contributed by atoms with E-state index in [9.17, 15) is 0 Å². The zero-order chi connectivity index (χ0) is 4.00. The fourth-order valence-electron chi connectivity index (χ4n) is 0. The minimum absolute atomic E-state index is 0. The van der Waals surface area contributed by atoms with E-state index in [-0.39, 0.29) is 22.8 Å². The minimum Gasteiger partial charge on any atom is -2.00 e. The third-order valence-electron chi connectivity index (χ3n) is 0. The molecule has 6 heteroatoms. The van der Waals surface area contributed by atoms with Crippen molar-refractivity contribution < 1.29 is 14.4 Å². The van der Waals surface area contributed by atoms with E-state index >= 15 is 0 Å². The summed E-state index contributed by atoms with van der Waals surface area (Å²) in [7, 11) is 3.44. The topological polar surface area (TPSA) is 62.6 Å². The fraction of sp³-hybridized carbons (Fsp3) is 0. The molecule has 0 aromatic carbocycles. The zero-order valence-corrected chi connectivity index (χ0v) is 5.96. The van der Waals surface area contributed by atoms with Gasteiger partial charge in [0.05, 0.1) is 0 Å². The van der Waals surface area contributed by atoms with E-state index in [1.807, 2.05) is 0 Å². The summed E-state index contributed by atoms with van der Waals surface area (Å²) in [5, 5.41) is 0. The summed E-state index contributed by atoms with van der Waals surface area (Å²) in [5.74, 6) is 0. The Morgan fingerprint density at radius 1 is 0.833 bits per heavy atom. The summed E-state index contributed by atoms with van der Waals surface area (Å²) in [6.07, 6.45) is 0. The van der Waals surface area contributed by atoms with Crippen LogP contribution in [0.1, 0.15) is 0 Å². The first kappa shape index (κ1) is 31.2. The van der Waals surface area contributed by atoms with Gasteiger partial charge in [-0.05, 0) is 0 Å². The molecule has 24 valence electrons. The number of hydrogen-bond donors (Lipinski definition) is 0. The van der Waals surface area contributed by atoms with Crippen LogP contribution in [0.25, 0.3) is 0 Å². The first-order valence-electron chi connectivity index (χ1n) is 0.408. The monoisotopic (exact) mass is 131 g/mol. The third-order valence-corrected chi connectivity index (χ3v) is 0. The van der Waals surface area contributed by atoms with Crippen molar-refractivity contribution in [2.45, 2.75) is 0 Å². The Morgan fingerprint density at radius 2 is 0.833 bits per heavy atom. The van der Waals surface area contributed by atoms with Crippen molar-refractivity contribution in [1.29, 1.82) is 0 Å². The minimum atomic E-state index is 0. The second-order valence-electron chi connectivity index (χ2n) is 0. The van der Waals surface area contributed by atoms with Crippen LogP contribution in [0.15, 0.2) is 0 Å². The van der Waals surface area contributed by atoms with Gasteiger partial charge in [-0.2, -0.15) is 0 Å². The van der Waals surface area contributed by atoms with Crippen molar-refractivity contribution in [3.8, 4) is 0 Å². The van der Waals surface area contributed by atoms with Crippen molar-refractivity contribution in [3.05, 3.63) is 0 Å². The van der Waals surface area contributed by atoms with Gasteiger partial charge in [0.1, 0.15) is 0 Å². The fourth-order valence-corrected chi connectivity index (χ4v) is 0. The van der Waals surface area contributed by atoms with Crippen LogP contribution in [0, 0.1) is 0 Å². The van der Waals surface area contributed by atoms with Gasteiger partial charge in [-0.25, -0.2) is 0 Å². The quantitative estimate of drug-likeness (QED) is 0.376. The van der Waals surface area contributed by atoms with Crippen LogP contribution in [0.2, 0.25) is 0 Å². The van der Waals surface area contributed by atoms with E-state index in [0.717, 1.165) is 0 Å². The van der Waals surface area contributed by atoms with Crippen molar-refractivity contribution in [2.24, 2.45) is 0 Å². The molecular weight excluding hydrogens is 131 g/mol. The predicted molar refractivity (Wildman–Crippen MR) is 19.3 cm³/mol. The maximum absolute atomic E-state index is 8.06. The van der Waals surface area contributed by atoms with Gasteiger partial charge in [-0.3, -0.25) is 0 Å². The van der Waals surface area contributed by atoms with Crippen LogP contribution in [0.5, 0.6) is 0 Å². The van der Waals surface area contributed by atoms with E-state index in [2.05, 4.69) is 0 Å². The molecule has 0 aliphatic carbocycles. The molecule has 0 saturated heterocycles. The van der Waals surface area contributed by atoms with E-state index in [4.69, 9.17) is 8.92 Å². The normalized spacial score (nSPS) is 2.00. The Hall–Kier alpha value is 0.526. The SMILES string of the molecule is O=[Si+2].O=[Si+2].[Al+3].[O-2]. The largest absolute Gasteiger partial charge is 3.00 e. The van der Waals surface area contributed by atoms with Gasteiger partial charge in [-0.15, -0.1) is 0 Å². The Kier molecular flexibility index (Phi) is 2130. The van der Waals surface area contributed by atoms with Crippen LogP contribution in [-0.2, 0) is 14.4 Å². The first-order chi connectivity index (χ1) is 2.00. The van der Waals surface area contributed by atoms with E-state index in [0.29, 0.717) is 0 Å². The average molecular weight is 131 g/mol. The smallest absolute Gasteiger partial charge is 2.00 e. The molecule has 0 aromatic rings. The molecule has 0 bridgehead atoms. The Balaban J connectivity index is -0.00000000500. The molecule has 6 heavy (non-hydrogen) atoms. The summed E-state index contributed by atoms with van der Waals surface area (Å²) in [6, 6.07) is 0. The van der Waals surface area contributed by atoms with Crippen molar-refractivity contribution in [2.75, 3.05) is 0 Å². The summed E-state index contributed by atoms with van der Waals surface area (Å²) in [4.78, 5) is 0. The predicted octanol–water partition coefficient (Wildman–Crippen LogP) is -1.50. The molecule has 0 aliphatic heterocycles. The van der Waals surface area contributed by atoms with Crippen LogP contribution < -0.4 is 0 Å². The van der Waals surface area contributed by atoms with E-state index in [1.165, 1.54) is 0 Å². The molecular formula is AlO3Si2+5. The summed E-state index contributed by atoms with van der Waals surface area (Å²) in [5.41, 5.74) is 0. The third kappa shape index (κ3) is 203. The second kappa shape index (κ2) is 409. The molecule has 0 saturated carbocycles. The van der Waals surface area contributed by atoms with Crippen molar-refractivity contribution in [3.63, 3.8) is 0 Å². The Bertz CT molecular complexity index is 10.8. The molecule has 3 nitrogen and oxygen atoms in total. The molecule has 0 spiro atoms. The van der Waals surface area contributed by atoms with Gasteiger partial charge in [0.25, 0.3) is 0 Å². The first-order valence-corrected chi connectivity index (χ1v) is 1.22. The van der Waals surface area contributed by atoms with Crippen LogP contribution >= 0.6 is 0 Å². The van der Waals surface area contributed by atoms with Crippen molar-refractivity contribution in [1.82, 2.24) is 0 Å². The summed E-state index contributed by atoms with van der Waals surface area (Å²) < 4.78 is 16.1. The average Bonchev–Trinajstić information content (AvgIpc) is 1.50. The van der Waals surface area contributed by atoms with E-state index in [1.54, 1.807) is 20.3 Å². The maximum Gasteiger partial charge on any atom is 3.00 e.